The molecular formula is C16H27N5. The van der Waals surface area contributed by atoms with Gasteiger partial charge in [-0.05, 0) is 26.3 Å². The summed E-state index contributed by atoms with van der Waals surface area (Å²) in [7, 11) is 0. The SMILES string of the molecule is CCC(C)n1ccc(Cn2ncc(CNC(C)C)c2C)n1. The largest absolute Gasteiger partial charge is 0.310 e. The van der Waals surface area contributed by atoms with Gasteiger partial charge in [0.15, 0.2) is 0 Å². The minimum Gasteiger partial charge on any atom is -0.310 e. The van der Waals surface area contributed by atoms with Crippen LogP contribution in [0.3, 0.4) is 0 Å². The van der Waals surface area contributed by atoms with Gasteiger partial charge in [0.25, 0.3) is 0 Å². The van der Waals surface area contributed by atoms with Crippen LogP contribution in [-0.2, 0) is 13.1 Å². The zero-order chi connectivity index (χ0) is 15.4. The molecule has 0 amide bonds. The van der Waals surface area contributed by atoms with E-state index in [-0.39, 0.29) is 0 Å². The summed E-state index contributed by atoms with van der Waals surface area (Å²) in [6.07, 6.45) is 5.10. The van der Waals surface area contributed by atoms with Crippen molar-refractivity contribution in [1.29, 1.82) is 0 Å². The molecular weight excluding hydrogens is 262 g/mol. The molecule has 0 radical (unpaired) electrons. The van der Waals surface area contributed by atoms with Gasteiger partial charge in [-0.2, -0.15) is 10.2 Å². The summed E-state index contributed by atoms with van der Waals surface area (Å²) in [5.41, 5.74) is 3.52. The van der Waals surface area contributed by atoms with Crippen molar-refractivity contribution in [2.75, 3.05) is 0 Å². The van der Waals surface area contributed by atoms with Gasteiger partial charge in [-0.25, -0.2) is 0 Å². The maximum Gasteiger partial charge on any atom is 0.0852 e. The van der Waals surface area contributed by atoms with Crippen molar-refractivity contribution in [3.05, 3.63) is 35.4 Å². The van der Waals surface area contributed by atoms with Crippen LogP contribution in [0.2, 0.25) is 0 Å². The standard InChI is InChI=1S/C16H27N5/c1-6-13(4)20-8-7-16(19-20)11-21-14(5)15(10-18-21)9-17-12(2)3/h7-8,10,12-13,17H,6,9,11H2,1-5H3. The van der Waals surface area contributed by atoms with Gasteiger partial charge in [0.2, 0.25) is 0 Å². The van der Waals surface area contributed by atoms with Crippen LogP contribution in [0.15, 0.2) is 18.5 Å². The Morgan fingerprint density at radius 1 is 1.29 bits per heavy atom. The summed E-state index contributed by atoms with van der Waals surface area (Å²) in [6.45, 7) is 12.4. The van der Waals surface area contributed by atoms with E-state index in [4.69, 9.17) is 0 Å². The Kier molecular flexibility index (Phi) is 5.17. The van der Waals surface area contributed by atoms with Crippen LogP contribution in [0.1, 0.15) is 57.1 Å². The first-order valence-corrected chi connectivity index (χ1v) is 7.80. The van der Waals surface area contributed by atoms with E-state index >= 15 is 0 Å². The summed E-state index contributed by atoms with van der Waals surface area (Å²) in [5, 5.41) is 12.6. The summed E-state index contributed by atoms with van der Waals surface area (Å²) in [6, 6.07) is 3.02. The summed E-state index contributed by atoms with van der Waals surface area (Å²) < 4.78 is 4.07. The Morgan fingerprint density at radius 3 is 2.71 bits per heavy atom. The molecule has 0 aliphatic heterocycles. The third kappa shape index (κ3) is 3.94. The normalized spacial score (nSPS) is 13.0. The van der Waals surface area contributed by atoms with E-state index in [1.165, 1.54) is 11.3 Å². The second-order valence-corrected chi connectivity index (χ2v) is 5.99. The molecule has 0 aliphatic rings. The first-order valence-electron chi connectivity index (χ1n) is 7.80. The molecule has 1 atom stereocenters. The molecule has 0 fully saturated rings. The van der Waals surface area contributed by atoms with Crippen LogP contribution in [-0.4, -0.2) is 25.6 Å². The molecule has 2 heterocycles. The lowest BCUT2D eigenvalue weighted by molar-refractivity contribution is 0.470. The maximum atomic E-state index is 4.64. The zero-order valence-electron chi connectivity index (χ0n) is 13.8. The molecule has 2 aromatic rings. The minimum atomic E-state index is 0.447. The van der Waals surface area contributed by atoms with Crippen molar-refractivity contribution in [2.45, 2.75) is 66.2 Å². The Balaban J connectivity index is 2.04. The van der Waals surface area contributed by atoms with E-state index in [1.54, 1.807) is 0 Å². The highest BCUT2D eigenvalue weighted by Crippen LogP contribution is 2.12. The smallest absolute Gasteiger partial charge is 0.0852 e. The van der Waals surface area contributed by atoms with Gasteiger partial charge in [0, 0.05) is 36.1 Å². The molecule has 5 nitrogen and oxygen atoms in total. The second-order valence-electron chi connectivity index (χ2n) is 5.99. The van der Waals surface area contributed by atoms with Crippen molar-refractivity contribution in [3.63, 3.8) is 0 Å². The van der Waals surface area contributed by atoms with Gasteiger partial charge in [-0.1, -0.05) is 20.8 Å². The van der Waals surface area contributed by atoms with E-state index in [9.17, 15) is 0 Å². The molecule has 0 aromatic carbocycles. The first-order chi connectivity index (χ1) is 10.0. The van der Waals surface area contributed by atoms with Crippen LogP contribution in [0, 0.1) is 6.92 Å². The lowest BCUT2D eigenvalue weighted by Gasteiger charge is -2.09. The molecule has 1 N–H and O–H groups in total. The average molecular weight is 289 g/mol. The fourth-order valence-electron chi connectivity index (χ4n) is 2.18. The van der Waals surface area contributed by atoms with E-state index in [0.717, 1.165) is 25.2 Å². The lowest BCUT2D eigenvalue weighted by atomic mass is 10.2. The van der Waals surface area contributed by atoms with Crippen molar-refractivity contribution in [2.24, 2.45) is 0 Å². The number of nitrogens with zero attached hydrogens (tertiary/aromatic N) is 4. The molecule has 2 rings (SSSR count). The lowest BCUT2D eigenvalue weighted by Crippen LogP contribution is -2.22. The molecule has 21 heavy (non-hydrogen) atoms. The third-order valence-corrected chi connectivity index (χ3v) is 3.92. The van der Waals surface area contributed by atoms with Crippen molar-refractivity contribution < 1.29 is 0 Å². The number of hydrogen-bond donors (Lipinski definition) is 1. The van der Waals surface area contributed by atoms with E-state index in [2.05, 4.69) is 62.4 Å². The summed E-state index contributed by atoms with van der Waals surface area (Å²) in [4.78, 5) is 0. The van der Waals surface area contributed by atoms with E-state index in [0.29, 0.717) is 12.1 Å². The van der Waals surface area contributed by atoms with Gasteiger partial charge < -0.3 is 5.32 Å². The van der Waals surface area contributed by atoms with Gasteiger partial charge >= 0.3 is 0 Å². The predicted octanol–water partition coefficient (Wildman–Crippen LogP) is 2.91. The van der Waals surface area contributed by atoms with Crippen molar-refractivity contribution >= 4 is 0 Å². The molecule has 5 heteroatoms. The molecule has 0 saturated heterocycles. The molecule has 1 unspecified atom stereocenters. The molecule has 116 valence electrons. The summed E-state index contributed by atoms with van der Waals surface area (Å²) >= 11 is 0. The predicted molar refractivity (Wildman–Crippen MR) is 85.3 cm³/mol. The quantitative estimate of drug-likeness (QED) is 0.852. The number of hydrogen-bond acceptors (Lipinski definition) is 3. The number of nitrogens with one attached hydrogen (secondary N) is 1. The van der Waals surface area contributed by atoms with Crippen LogP contribution in [0.5, 0.6) is 0 Å². The molecule has 0 saturated carbocycles. The van der Waals surface area contributed by atoms with Crippen LogP contribution < -0.4 is 5.32 Å². The Bertz CT molecular complexity index is 567. The van der Waals surface area contributed by atoms with Crippen LogP contribution in [0.25, 0.3) is 0 Å². The van der Waals surface area contributed by atoms with Crippen molar-refractivity contribution in [1.82, 2.24) is 24.9 Å². The highest BCUT2D eigenvalue weighted by atomic mass is 15.3. The molecule has 2 aromatic heterocycles. The fraction of sp³-hybridized carbons (Fsp3) is 0.625. The van der Waals surface area contributed by atoms with Crippen LogP contribution >= 0.6 is 0 Å². The van der Waals surface area contributed by atoms with Gasteiger partial charge in [0.05, 0.1) is 18.4 Å². The Morgan fingerprint density at radius 2 is 2.05 bits per heavy atom. The zero-order valence-corrected chi connectivity index (χ0v) is 13.8. The fourth-order valence-corrected chi connectivity index (χ4v) is 2.18. The Labute approximate surface area is 127 Å². The van der Waals surface area contributed by atoms with Gasteiger partial charge in [0.1, 0.15) is 0 Å². The van der Waals surface area contributed by atoms with Crippen molar-refractivity contribution in [3.8, 4) is 0 Å². The highest BCUT2D eigenvalue weighted by molar-refractivity contribution is 5.17. The topological polar surface area (TPSA) is 47.7 Å². The summed E-state index contributed by atoms with van der Waals surface area (Å²) in [5.74, 6) is 0. The number of rotatable bonds is 7. The van der Waals surface area contributed by atoms with E-state index < -0.39 is 0 Å². The van der Waals surface area contributed by atoms with Crippen LogP contribution in [0.4, 0.5) is 0 Å². The Hall–Kier alpha value is -1.62. The monoisotopic (exact) mass is 289 g/mol. The maximum absolute atomic E-state index is 4.64. The number of aromatic nitrogens is 4. The van der Waals surface area contributed by atoms with Gasteiger partial charge in [-0.15, -0.1) is 0 Å². The van der Waals surface area contributed by atoms with Gasteiger partial charge in [-0.3, -0.25) is 9.36 Å². The molecule has 0 spiro atoms. The molecule has 0 aliphatic carbocycles. The third-order valence-electron chi connectivity index (χ3n) is 3.92. The highest BCUT2D eigenvalue weighted by Gasteiger charge is 2.10. The first kappa shape index (κ1) is 15.8. The average Bonchev–Trinajstić information content (AvgIpc) is 3.05. The minimum absolute atomic E-state index is 0.447. The molecule has 0 bridgehead atoms. The second kappa shape index (κ2) is 6.89. The van der Waals surface area contributed by atoms with E-state index in [1.807, 2.05) is 15.6 Å².